The van der Waals surface area contributed by atoms with Crippen molar-refractivity contribution in [3.63, 3.8) is 0 Å². The molecule has 1 fully saturated rings. The molecule has 136 valence electrons. The molecule has 0 aliphatic carbocycles. The van der Waals surface area contributed by atoms with E-state index in [4.69, 9.17) is 13.7 Å². The highest BCUT2D eigenvalue weighted by Crippen LogP contribution is 2.25. The lowest BCUT2D eigenvalue weighted by atomic mass is 10.1. The van der Waals surface area contributed by atoms with Crippen molar-refractivity contribution in [1.29, 1.82) is 0 Å². The number of hydrogen-bond donors (Lipinski definition) is 1. The molecule has 0 bridgehead atoms. The number of carbonyl (C=O) groups is 1. The Morgan fingerprint density at radius 1 is 1.31 bits per heavy atom. The highest BCUT2D eigenvalue weighted by atomic mass is 32.1. The summed E-state index contributed by atoms with van der Waals surface area (Å²) >= 11 is 1.54. The van der Waals surface area contributed by atoms with Gasteiger partial charge in [-0.2, -0.15) is 0 Å². The number of nitrogens with one attached hydrogen (secondary N) is 1. The van der Waals surface area contributed by atoms with Crippen molar-refractivity contribution in [2.24, 2.45) is 0 Å². The summed E-state index contributed by atoms with van der Waals surface area (Å²) in [4.78, 5) is 15.7. The Labute approximate surface area is 154 Å². The summed E-state index contributed by atoms with van der Waals surface area (Å²) in [6.07, 6.45) is 1.65. The molecule has 8 heteroatoms. The predicted molar refractivity (Wildman–Crippen MR) is 96.0 cm³/mol. The van der Waals surface area contributed by atoms with Crippen molar-refractivity contribution < 1.29 is 18.5 Å². The van der Waals surface area contributed by atoms with Gasteiger partial charge in [0.25, 0.3) is 5.91 Å². The molecule has 0 saturated carbocycles. The fourth-order valence-electron chi connectivity index (χ4n) is 2.98. The molecule has 3 aromatic rings. The Hall–Kier alpha value is -2.42. The molecule has 0 aromatic carbocycles. The second-order valence-electron chi connectivity index (χ2n) is 5.94. The van der Waals surface area contributed by atoms with Gasteiger partial charge in [0.05, 0.1) is 30.4 Å². The van der Waals surface area contributed by atoms with Gasteiger partial charge < -0.3 is 19.0 Å². The summed E-state index contributed by atoms with van der Waals surface area (Å²) in [5.74, 6) is 1.16. The van der Waals surface area contributed by atoms with Gasteiger partial charge >= 0.3 is 0 Å². The first-order valence-corrected chi connectivity index (χ1v) is 9.33. The van der Waals surface area contributed by atoms with Gasteiger partial charge in [0.1, 0.15) is 5.76 Å². The number of carbonyl (C=O) groups excluding carboxylic acids is 1. The van der Waals surface area contributed by atoms with E-state index in [9.17, 15) is 4.79 Å². The number of aromatic nitrogens is 1. The Morgan fingerprint density at radius 2 is 2.19 bits per heavy atom. The lowest BCUT2D eigenvalue weighted by Gasteiger charge is -2.33. The smallest absolute Gasteiger partial charge is 0.273 e. The molecular formula is C18H19N3O4S. The molecule has 0 spiro atoms. The zero-order valence-corrected chi connectivity index (χ0v) is 14.9. The van der Waals surface area contributed by atoms with Crippen LogP contribution in [0, 0.1) is 0 Å². The first-order chi connectivity index (χ1) is 12.8. The van der Waals surface area contributed by atoms with Crippen LogP contribution >= 0.6 is 11.3 Å². The van der Waals surface area contributed by atoms with Crippen molar-refractivity contribution in [1.82, 2.24) is 15.4 Å². The van der Waals surface area contributed by atoms with Crippen molar-refractivity contribution >= 4 is 17.2 Å². The Kier molecular flexibility index (Phi) is 5.14. The minimum atomic E-state index is -0.263. The molecule has 1 aliphatic rings. The fourth-order valence-corrected chi connectivity index (χ4v) is 3.65. The van der Waals surface area contributed by atoms with Gasteiger partial charge in [-0.15, -0.1) is 11.3 Å². The van der Waals surface area contributed by atoms with Gasteiger partial charge in [-0.1, -0.05) is 11.2 Å². The number of amides is 1. The van der Waals surface area contributed by atoms with Crippen molar-refractivity contribution in [3.8, 4) is 10.6 Å². The van der Waals surface area contributed by atoms with E-state index in [-0.39, 0.29) is 17.6 Å². The third kappa shape index (κ3) is 3.72. The molecular weight excluding hydrogens is 354 g/mol. The molecule has 1 amide bonds. The summed E-state index contributed by atoms with van der Waals surface area (Å²) in [6.45, 7) is 3.38. The van der Waals surface area contributed by atoms with Crippen LogP contribution in [0.5, 0.6) is 0 Å². The van der Waals surface area contributed by atoms with Crippen LogP contribution in [0.4, 0.5) is 0 Å². The minimum absolute atomic E-state index is 0.0403. The van der Waals surface area contributed by atoms with Crippen LogP contribution < -0.4 is 5.32 Å². The highest BCUT2D eigenvalue weighted by molar-refractivity contribution is 7.13. The zero-order valence-electron chi connectivity index (χ0n) is 14.1. The highest BCUT2D eigenvalue weighted by Gasteiger charge is 2.26. The van der Waals surface area contributed by atoms with E-state index >= 15 is 0 Å². The maximum atomic E-state index is 12.5. The molecule has 1 unspecified atom stereocenters. The number of rotatable bonds is 6. The summed E-state index contributed by atoms with van der Waals surface area (Å²) in [7, 11) is 0. The molecule has 3 aromatic heterocycles. The van der Waals surface area contributed by atoms with Crippen LogP contribution in [0.2, 0.25) is 0 Å². The maximum Gasteiger partial charge on any atom is 0.273 e. The van der Waals surface area contributed by atoms with E-state index in [1.54, 1.807) is 23.7 Å². The number of nitrogens with zero attached hydrogens (tertiary/aromatic N) is 2. The van der Waals surface area contributed by atoms with Crippen molar-refractivity contribution in [2.45, 2.75) is 6.04 Å². The third-order valence-corrected chi connectivity index (χ3v) is 5.21. The monoisotopic (exact) mass is 373 g/mol. The molecule has 1 saturated heterocycles. The molecule has 7 nitrogen and oxygen atoms in total. The average Bonchev–Trinajstić information content (AvgIpc) is 3.43. The van der Waals surface area contributed by atoms with Crippen LogP contribution in [0.25, 0.3) is 10.6 Å². The largest absolute Gasteiger partial charge is 0.468 e. The van der Waals surface area contributed by atoms with E-state index in [0.717, 1.165) is 23.7 Å². The van der Waals surface area contributed by atoms with Crippen LogP contribution in [-0.2, 0) is 4.74 Å². The van der Waals surface area contributed by atoms with E-state index in [1.807, 2.05) is 29.6 Å². The topological polar surface area (TPSA) is 80.7 Å². The third-order valence-electron chi connectivity index (χ3n) is 4.32. The number of thiophene rings is 1. The lowest BCUT2D eigenvalue weighted by molar-refractivity contribution is 0.0118. The number of morpholine rings is 1. The van der Waals surface area contributed by atoms with Gasteiger partial charge in [0, 0.05) is 25.7 Å². The first-order valence-electron chi connectivity index (χ1n) is 8.45. The molecule has 1 aliphatic heterocycles. The standard InChI is InChI=1S/C18H19N3O4S/c22-18(13-11-16(25-20-13)17-4-2-10-26-17)19-12-14(15-3-1-7-24-15)21-5-8-23-9-6-21/h1-4,7,10-11,14H,5-6,8-9,12H2,(H,19,22). The van der Waals surface area contributed by atoms with Crippen LogP contribution in [0.1, 0.15) is 22.3 Å². The molecule has 4 heterocycles. The van der Waals surface area contributed by atoms with E-state index in [1.165, 1.54) is 0 Å². The second kappa shape index (κ2) is 7.86. The summed E-state index contributed by atoms with van der Waals surface area (Å²) < 4.78 is 16.3. The predicted octanol–water partition coefficient (Wildman–Crippen LogP) is 2.80. The average molecular weight is 373 g/mol. The van der Waals surface area contributed by atoms with Crippen molar-refractivity contribution in [3.05, 3.63) is 53.4 Å². The molecule has 0 radical (unpaired) electrons. The zero-order chi connectivity index (χ0) is 17.8. The van der Waals surface area contributed by atoms with Crippen molar-refractivity contribution in [2.75, 3.05) is 32.8 Å². The normalized spacial score (nSPS) is 16.5. The van der Waals surface area contributed by atoms with Gasteiger partial charge in [0.2, 0.25) is 0 Å². The van der Waals surface area contributed by atoms with Gasteiger partial charge in [0.15, 0.2) is 11.5 Å². The van der Waals surface area contributed by atoms with E-state index in [0.29, 0.717) is 25.5 Å². The fraction of sp³-hybridized carbons (Fsp3) is 0.333. The summed E-state index contributed by atoms with van der Waals surface area (Å²) in [5.41, 5.74) is 0.272. The SMILES string of the molecule is O=C(NCC(c1ccco1)N1CCOCC1)c1cc(-c2cccs2)on1. The maximum absolute atomic E-state index is 12.5. The minimum Gasteiger partial charge on any atom is -0.468 e. The summed E-state index contributed by atoms with van der Waals surface area (Å²) in [5, 5.41) is 8.78. The second-order valence-corrected chi connectivity index (χ2v) is 6.89. The summed E-state index contributed by atoms with van der Waals surface area (Å²) in [6, 6.07) is 9.27. The van der Waals surface area contributed by atoms with Crippen LogP contribution in [0.15, 0.2) is 50.9 Å². The quantitative estimate of drug-likeness (QED) is 0.716. The first kappa shape index (κ1) is 17.0. The van der Waals surface area contributed by atoms with Crippen LogP contribution in [-0.4, -0.2) is 48.8 Å². The molecule has 26 heavy (non-hydrogen) atoms. The van der Waals surface area contributed by atoms with Gasteiger partial charge in [-0.05, 0) is 23.6 Å². The van der Waals surface area contributed by atoms with Gasteiger partial charge in [-0.3, -0.25) is 9.69 Å². The Balaban J connectivity index is 1.43. The lowest BCUT2D eigenvalue weighted by Crippen LogP contribution is -2.43. The van der Waals surface area contributed by atoms with E-state index in [2.05, 4.69) is 15.4 Å². The Morgan fingerprint density at radius 3 is 2.92 bits per heavy atom. The number of hydrogen-bond acceptors (Lipinski definition) is 7. The molecule has 1 N–H and O–H groups in total. The molecule has 4 rings (SSSR count). The molecule has 1 atom stereocenters. The van der Waals surface area contributed by atoms with Gasteiger partial charge in [-0.25, -0.2) is 0 Å². The number of furan rings is 1. The van der Waals surface area contributed by atoms with E-state index < -0.39 is 0 Å². The Bertz CT molecular complexity index is 823. The number of ether oxygens (including phenoxy) is 1. The van der Waals surface area contributed by atoms with Crippen LogP contribution in [0.3, 0.4) is 0 Å².